The van der Waals surface area contributed by atoms with Crippen LogP contribution >= 0.6 is 11.6 Å². The second-order valence-corrected chi connectivity index (χ2v) is 7.12. The van der Waals surface area contributed by atoms with Crippen LogP contribution in [0.4, 0.5) is 0 Å². The summed E-state index contributed by atoms with van der Waals surface area (Å²) in [6.07, 6.45) is 3.34. The molecule has 0 radical (unpaired) electrons. The molecule has 1 nitrogen and oxygen atoms in total. The van der Waals surface area contributed by atoms with Crippen molar-refractivity contribution in [3.8, 4) is 0 Å². The normalized spacial score (nSPS) is 13.6. The maximum absolute atomic E-state index is 6.35. The van der Waals surface area contributed by atoms with Gasteiger partial charge in [0.2, 0.25) is 0 Å². The fourth-order valence-corrected chi connectivity index (χ4v) is 2.70. The van der Waals surface area contributed by atoms with Crippen LogP contribution in [0.3, 0.4) is 0 Å². The molecule has 0 spiro atoms. The molecule has 0 saturated heterocycles. The second kappa shape index (κ2) is 7.31. The predicted octanol–water partition coefficient (Wildman–Crippen LogP) is 5.00. The molecule has 1 N–H and O–H groups in total. The highest BCUT2D eigenvalue weighted by molar-refractivity contribution is 6.31. The van der Waals surface area contributed by atoms with E-state index in [1.165, 1.54) is 17.5 Å². The van der Waals surface area contributed by atoms with Crippen molar-refractivity contribution in [3.05, 3.63) is 34.3 Å². The molecule has 1 rings (SSSR count). The Hall–Kier alpha value is -0.530. The maximum Gasteiger partial charge on any atom is 0.0441 e. The Morgan fingerprint density at radius 1 is 1.26 bits per heavy atom. The average Bonchev–Trinajstić information content (AvgIpc) is 2.27. The molecule has 1 aromatic carbocycles. The van der Waals surface area contributed by atoms with Crippen molar-refractivity contribution >= 4 is 11.6 Å². The third-order valence-electron chi connectivity index (χ3n) is 3.22. The smallest absolute Gasteiger partial charge is 0.0441 e. The molecule has 0 saturated carbocycles. The minimum Gasteiger partial charge on any atom is -0.314 e. The lowest BCUT2D eigenvalue weighted by molar-refractivity contribution is 0.306. The monoisotopic (exact) mass is 281 g/mol. The molecule has 0 aromatic heterocycles. The Kier molecular flexibility index (Phi) is 6.35. The minimum absolute atomic E-state index is 0.336. The van der Waals surface area contributed by atoms with Gasteiger partial charge in [0, 0.05) is 11.1 Å². The van der Waals surface area contributed by atoms with Crippen LogP contribution in [0, 0.1) is 12.3 Å². The van der Waals surface area contributed by atoms with Crippen LogP contribution in [0.5, 0.6) is 0 Å². The van der Waals surface area contributed by atoms with Gasteiger partial charge in [-0.05, 0) is 55.3 Å². The van der Waals surface area contributed by atoms with Crippen molar-refractivity contribution in [2.75, 3.05) is 6.54 Å². The van der Waals surface area contributed by atoms with Crippen LogP contribution in [-0.4, -0.2) is 12.6 Å². The van der Waals surface area contributed by atoms with Crippen molar-refractivity contribution in [1.29, 1.82) is 0 Å². The first-order valence-electron chi connectivity index (χ1n) is 7.30. The van der Waals surface area contributed by atoms with Crippen LogP contribution in [-0.2, 0) is 6.42 Å². The summed E-state index contributed by atoms with van der Waals surface area (Å²) >= 11 is 6.35. The summed E-state index contributed by atoms with van der Waals surface area (Å²) in [6.45, 7) is 12.3. The lowest BCUT2D eigenvalue weighted by Gasteiger charge is -2.27. The van der Waals surface area contributed by atoms with E-state index in [2.05, 4.69) is 58.1 Å². The second-order valence-electron chi connectivity index (χ2n) is 6.71. The van der Waals surface area contributed by atoms with Gasteiger partial charge in [-0.1, -0.05) is 51.4 Å². The molecule has 2 heteroatoms. The number of halogens is 1. The van der Waals surface area contributed by atoms with E-state index in [-0.39, 0.29) is 0 Å². The fraction of sp³-hybridized carbons (Fsp3) is 0.647. The zero-order valence-electron chi connectivity index (χ0n) is 13.0. The summed E-state index contributed by atoms with van der Waals surface area (Å²) in [6, 6.07) is 6.88. The molecule has 0 aliphatic carbocycles. The molecular formula is C17H28ClN. The molecule has 1 aromatic rings. The molecule has 0 heterocycles. The fourth-order valence-electron chi connectivity index (χ4n) is 2.39. The highest BCUT2D eigenvalue weighted by Gasteiger charge is 2.19. The summed E-state index contributed by atoms with van der Waals surface area (Å²) in [4.78, 5) is 0. The first kappa shape index (κ1) is 16.5. The highest BCUT2D eigenvalue weighted by Crippen LogP contribution is 2.25. The summed E-state index contributed by atoms with van der Waals surface area (Å²) in [5, 5.41) is 4.56. The zero-order chi connectivity index (χ0) is 14.5. The van der Waals surface area contributed by atoms with E-state index in [0.29, 0.717) is 11.5 Å². The van der Waals surface area contributed by atoms with E-state index in [0.717, 1.165) is 24.4 Å². The Balaban J connectivity index is 2.75. The third-order valence-corrected chi connectivity index (χ3v) is 3.57. The third kappa shape index (κ3) is 6.44. The highest BCUT2D eigenvalue weighted by atomic mass is 35.5. The van der Waals surface area contributed by atoms with Crippen molar-refractivity contribution in [1.82, 2.24) is 5.32 Å². The van der Waals surface area contributed by atoms with Crippen molar-refractivity contribution in [2.24, 2.45) is 5.41 Å². The van der Waals surface area contributed by atoms with Crippen LogP contribution in [0.2, 0.25) is 5.02 Å². The molecule has 0 bridgehead atoms. The van der Waals surface area contributed by atoms with Crippen LogP contribution in [0.1, 0.15) is 51.7 Å². The lowest BCUT2D eigenvalue weighted by atomic mass is 9.85. The van der Waals surface area contributed by atoms with Crippen molar-refractivity contribution in [3.63, 3.8) is 0 Å². The molecule has 0 fully saturated rings. The number of rotatable bonds is 6. The van der Waals surface area contributed by atoms with E-state index < -0.39 is 0 Å². The summed E-state index contributed by atoms with van der Waals surface area (Å²) < 4.78 is 0. The summed E-state index contributed by atoms with van der Waals surface area (Å²) in [5.74, 6) is 0. The largest absolute Gasteiger partial charge is 0.314 e. The van der Waals surface area contributed by atoms with Crippen molar-refractivity contribution in [2.45, 2.75) is 59.9 Å². The molecule has 108 valence electrons. The zero-order valence-corrected chi connectivity index (χ0v) is 13.8. The minimum atomic E-state index is 0.336. The quantitative estimate of drug-likeness (QED) is 0.774. The van der Waals surface area contributed by atoms with Gasteiger partial charge in [0.05, 0.1) is 0 Å². The van der Waals surface area contributed by atoms with Gasteiger partial charge in [-0.25, -0.2) is 0 Å². The maximum atomic E-state index is 6.35. The Bertz CT molecular complexity index is 393. The van der Waals surface area contributed by atoms with Gasteiger partial charge in [-0.3, -0.25) is 0 Å². The Labute approximate surface area is 123 Å². The summed E-state index contributed by atoms with van der Waals surface area (Å²) in [7, 11) is 0. The summed E-state index contributed by atoms with van der Waals surface area (Å²) in [5.41, 5.74) is 2.82. The SMILES string of the molecule is CCCNC(Cc1ccc(C)cc1Cl)CC(C)(C)C. The van der Waals surface area contributed by atoms with Gasteiger partial charge in [0.1, 0.15) is 0 Å². The van der Waals surface area contributed by atoms with E-state index >= 15 is 0 Å². The first-order chi connectivity index (χ1) is 8.81. The van der Waals surface area contributed by atoms with Gasteiger partial charge < -0.3 is 5.32 Å². The van der Waals surface area contributed by atoms with Crippen LogP contribution in [0.15, 0.2) is 18.2 Å². The molecule has 0 amide bonds. The Morgan fingerprint density at radius 3 is 2.47 bits per heavy atom. The van der Waals surface area contributed by atoms with Crippen molar-refractivity contribution < 1.29 is 0 Å². The van der Waals surface area contributed by atoms with Gasteiger partial charge in [0.15, 0.2) is 0 Å². The Morgan fingerprint density at radius 2 is 1.95 bits per heavy atom. The average molecular weight is 282 g/mol. The first-order valence-corrected chi connectivity index (χ1v) is 7.68. The molecule has 1 unspecified atom stereocenters. The van der Waals surface area contributed by atoms with E-state index in [1.54, 1.807) is 0 Å². The number of benzene rings is 1. The van der Waals surface area contributed by atoms with Crippen LogP contribution < -0.4 is 5.32 Å². The van der Waals surface area contributed by atoms with Gasteiger partial charge >= 0.3 is 0 Å². The molecule has 1 atom stereocenters. The number of nitrogens with one attached hydrogen (secondary N) is 1. The number of aryl methyl sites for hydroxylation is 1. The van der Waals surface area contributed by atoms with Crippen LogP contribution in [0.25, 0.3) is 0 Å². The topological polar surface area (TPSA) is 12.0 Å². The molecule has 0 aliphatic heterocycles. The standard InChI is InChI=1S/C17H28ClN/c1-6-9-19-15(12-17(3,4)5)11-14-8-7-13(2)10-16(14)18/h7-8,10,15,19H,6,9,11-12H2,1-5H3. The van der Waals surface area contributed by atoms with Gasteiger partial charge in [0.25, 0.3) is 0 Å². The van der Waals surface area contributed by atoms with E-state index in [4.69, 9.17) is 11.6 Å². The number of hydrogen-bond donors (Lipinski definition) is 1. The lowest BCUT2D eigenvalue weighted by Crippen LogP contribution is -2.35. The molecule has 0 aliphatic rings. The van der Waals surface area contributed by atoms with E-state index in [1.807, 2.05) is 0 Å². The van der Waals surface area contributed by atoms with Gasteiger partial charge in [-0.15, -0.1) is 0 Å². The number of hydrogen-bond acceptors (Lipinski definition) is 1. The van der Waals surface area contributed by atoms with E-state index in [9.17, 15) is 0 Å². The predicted molar refractivity (Wildman–Crippen MR) is 86.0 cm³/mol. The molecule has 19 heavy (non-hydrogen) atoms. The van der Waals surface area contributed by atoms with Gasteiger partial charge in [-0.2, -0.15) is 0 Å². The molecular weight excluding hydrogens is 254 g/mol.